The normalized spacial score (nSPS) is 11.1. The van der Waals surface area contributed by atoms with Gasteiger partial charge in [-0.25, -0.2) is 4.98 Å². The molecule has 0 saturated heterocycles. The number of hydrogen-bond donors (Lipinski definition) is 1. The zero-order valence-electron chi connectivity index (χ0n) is 14.8. The van der Waals surface area contributed by atoms with E-state index in [1.54, 1.807) is 0 Å². The molecule has 0 unspecified atom stereocenters. The molecular weight excluding hydrogens is 330 g/mol. The van der Waals surface area contributed by atoms with Crippen molar-refractivity contribution >= 4 is 0 Å². The van der Waals surface area contributed by atoms with Crippen LogP contribution in [-0.4, -0.2) is 9.97 Å². The van der Waals surface area contributed by atoms with E-state index in [9.17, 15) is 0 Å². The summed E-state index contributed by atoms with van der Waals surface area (Å²) in [6.07, 6.45) is 2.19. The van der Waals surface area contributed by atoms with Crippen molar-refractivity contribution < 1.29 is 0 Å². The first-order chi connectivity index (χ1) is 13.4. The summed E-state index contributed by atoms with van der Waals surface area (Å²) in [5.41, 5.74) is 3.73. The van der Waals surface area contributed by atoms with E-state index < -0.39 is 5.41 Å². The fourth-order valence-corrected chi connectivity index (χ4v) is 3.73. The van der Waals surface area contributed by atoms with Crippen molar-refractivity contribution in [3.05, 3.63) is 125 Å². The van der Waals surface area contributed by atoms with Crippen molar-refractivity contribution in [2.75, 3.05) is 0 Å². The van der Waals surface area contributed by atoms with E-state index in [1.807, 2.05) is 24.4 Å². The fourth-order valence-electron chi connectivity index (χ4n) is 3.73. The molecule has 27 heavy (non-hydrogen) atoms. The van der Waals surface area contributed by atoms with Crippen molar-refractivity contribution in [3.63, 3.8) is 0 Å². The summed E-state index contributed by atoms with van der Waals surface area (Å²) in [7, 11) is 0. The third-order valence-electron chi connectivity index (χ3n) is 4.88. The molecule has 3 aromatic carbocycles. The zero-order chi connectivity index (χ0) is 18.5. The minimum Gasteiger partial charge on any atom is -0.347 e. The lowest BCUT2D eigenvalue weighted by molar-refractivity contribution is 0.717. The summed E-state index contributed by atoms with van der Waals surface area (Å²) in [5.74, 6) is 0.680. The number of hydrogen-bond acceptors (Lipinski definition) is 2. The van der Waals surface area contributed by atoms with E-state index >= 15 is 0 Å². The van der Waals surface area contributed by atoms with Crippen molar-refractivity contribution in [1.82, 2.24) is 9.97 Å². The van der Waals surface area contributed by atoms with Gasteiger partial charge in [-0.1, -0.05) is 91.0 Å². The van der Waals surface area contributed by atoms with Crippen LogP contribution in [0, 0.1) is 11.3 Å². The summed E-state index contributed by atoms with van der Waals surface area (Å²) in [5, 5.41) is 9.07. The monoisotopic (exact) mass is 349 g/mol. The topological polar surface area (TPSA) is 52.5 Å². The first-order valence-corrected chi connectivity index (χ1v) is 8.94. The number of benzene rings is 3. The highest BCUT2D eigenvalue weighted by Crippen LogP contribution is 2.44. The molecule has 0 radical (unpaired) electrons. The number of H-pyrrole nitrogens is 1. The van der Waals surface area contributed by atoms with Crippen LogP contribution in [0.4, 0.5) is 0 Å². The van der Waals surface area contributed by atoms with E-state index in [-0.39, 0.29) is 6.42 Å². The molecule has 0 amide bonds. The third kappa shape index (κ3) is 2.92. The molecule has 0 aliphatic rings. The van der Waals surface area contributed by atoms with Crippen LogP contribution in [-0.2, 0) is 11.8 Å². The number of nitriles is 1. The van der Waals surface area contributed by atoms with Gasteiger partial charge < -0.3 is 4.98 Å². The van der Waals surface area contributed by atoms with Gasteiger partial charge >= 0.3 is 0 Å². The van der Waals surface area contributed by atoms with Gasteiger partial charge in [0.1, 0.15) is 5.82 Å². The molecule has 130 valence electrons. The smallest absolute Gasteiger partial charge is 0.120 e. The molecule has 4 aromatic rings. The van der Waals surface area contributed by atoms with E-state index in [2.05, 4.69) is 83.8 Å². The third-order valence-corrected chi connectivity index (χ3v) is 4.88. The second kappa shape index (κ2) is 7.31. The molecule has 3 heteroatoms. The van der Waals surface area contributed by atoms with Crippen LogP contribution >= 0.6 is 0 Å². The number of imidazole rings is 1. The van der Waals surface area contributed by atoms with E-state index in [1.165, 1.54) is 0 Å². The molecule has 0 aliphatic heterocycles. The molecule has 1 aromatic heterocycles. The van der Waals surface area contributed by atoms with Gasteiger partial charge in [0.15, 0.2) is 0 Å². The summed E-state index contributed by atoms with van der Waals surface area (Å²) in [6, 6.07) is 33.4. The van der Waals surface area contributed by atoms with Gasteiger partial charge in [0.05, 0.1) is 23.6 Å². The van der Waals surface area contributed by atoms with Crippen molar-refractivity contribution in [3.8, 4) is 6.07 Å². The molecule has 4 rings (SSSR count). The Balaban J connectivity index is 2.08. The molecule has 0 aliphatic carbocycles. The standard InChI is InChI=1S/C24H19N3/c25-17-16-23-26-18-22(27-23)24(19-10-4-1-5-11-19,20-12-6-2-7-13-20)21-14-8-3-9-15-21/h1-15,18H,16H2,(H,26,27). The molecule has 0 spiro atoms. The molecule has 3 nitrogen and oxygen atoms in total. The number of nitrogens with one attached hydrogen (secondary N) is 1. The Morgan fingerprint density at radius 3 is 1.59 bits per heavy atom. The largest absolute Gasteiger partial charge is 0.347 e. The first-order valence-electron chi connectivity index (χ1n) is 8.94. The van der Waals surface area contributed by atoms with Crippen LogP contribution < -0.4 is 0 Å². The Morgan fingerprint density at radius 2 is 1.19 bits per heavy atom. The summed E-state index contributed by atoms with van der Waals surface area (Å²) in [6.45, 7) is 0. The lowest BCUT2D eigenvalue weighted by Crippen LogP contribution is -2.31. The Kier molecular flexibility index (Phi) is 4.55. The minimum atomic E-state index is -0.562. The summed E-state index contributed by atoms with van der Waals surface area (Å²) >= 11 is 0. The average molecular weight is 349 g/mol. The Hall–Kier alpha value is -3.64. The maximum absolute atomic E-state index is 9.07. The van der Waals surface area contributed by atoms with Gasteiger partial charge in [-0.3, -0.25) is 0 Å². The van der Waals surface area contributed by atoms with Gasteiger partial charge in [0, 0.05) is 6.20 Å². The molecule has 1 N–H and O–H groups in total. The Morgan fingerprint density at radius 1 is 0.741 bits per heavy atom. The van der Waals surface area contributed by atoms with Gasteiger partial charge in [0.25, 0.3) is 0 Å². The van der Waals surface area contributed by atoms with Crippen molar-refractivity contribution in [1.29, 1.82) is 5.26 Å². The molecule has 0 saturated carbocycles. The average Bonchev–Trinajstić information content (AvgIpc) is 3.20. The molecule has 0 atom stereocenters. The summed E-state index contributed by atoms with van der Waals surface area (Å²) in [4.78, 5) is 8.01. The quantitative estimate of drug-likeness (QED) is 0.523. The van der Waals surface area contributed by atoms with Gasteiger partial charge in [-0.2, -0.15) is 5.26 Å². The first kappa shape index (κ1) is 16.8. The molecular formula is C24H19N3. The summed E-state index contributed by atoms with van der Waals surface area (Å²) < 4.78 is 0. The molecule has 0 fully saturated rings. The van der Waals surface area contributed by atoms with Crippen molar-refractivity contribution in [2.24, 2.45) is 0 Å². The van der Waals surface area contributed by atoms with E-state index in [0.29, 0.717) is 5.82 Å². The van der Waals surface area contributed by atoms with Gasteiger partial charge in [0.2, 0.25) is 0 Å². The second-order valence-corrected chi connectivity index (χ2v) is 6.42. The lowest BCUT2D eigenvalue weighted by atomic mass is 9.67. The highest BCUT2D eigenvalue weighted by atomic mass is 14.9. The maximum atomic E-state index is 9.07. The Bertz CT molecular complexity index is 948. The fraction of sp³-hybridized carbons (Fsp3) is 0.0833. The highest BCUT2D eigenvalue weighted by Gasteiger charge is 2.40. The Labute approximate surface area is 159 Å². The molecule has 1 heterocycles. The van der Waals surface area contributed by atoms with Gasteiger partial charge in [-0.15, -0.1) is 0 Å². The predicted molar refractivity (Wildman–Crippen MR) is 106 cm³/mol. The number of aromatic nitrogens is 2. The number of aromatic amines is 1. The predicted octanol–water partition coefficient (Wildman–Crippen LogP) is 4.86. The van der Waals surface area contributed by atoms with Crippen LogP contribution in [0.15, 0.2) is 97.2 Å². The highest BCUT2D eigenvalue weighted by molar-refractivity contribution is 5.57. The van der Waals surface area contributed by atoms with Crippen LogP contribution in [0.2, 0.25) is 0 Å². The maximum Gasteiger partial charge on any atom is 0.120 e. The molecule has 0 bridgehead atoms. The van der Waals surface area contributed by atoms with Crippen LogP contribution in [0.3, 0.4) is 0 Å². The van der Waals surface area contributed by atoms with Crippen LogP contribution in [0.1, 0.15) is 28.2 Å². The van der Waals surface area contributed by atoms with Crippen molar-refractivity contribution in [2.45, 2.75) is 11.8 Å². The SMILES string of the molecule is N#CCc1nc(C(c2ccccc2)(c2ccccc2)c2ccccc2)c[nH]1. The lowest BCUT2D eigenvalue weighted by Gasteiger charge is -2.34. The second-order valence-electron chi connectivity index (χ2n) is 6.42. The van der Waals surface area contributed by atoms with Crippen LogP contribution in [0.5, 0.6) is 0 Å². The van der Waals surface area contributed by atoms with E-state index in [4.69, 9.17) is 10.2 Å². The van der Waals surface area contributed by atoms with E-state index in [0.717, 1.165) is 22.4 Å². The number of nitrogens with zero attached hydrogens (tertiary/aromatic N) is 2. The van der Waals surface area contributed by atoms with Gasteiger partial charge in [-0.05, 0) is 16.7 Å². The number of rotatable bonds is 5. The van der Waals surface area contributed by atoms with Crippen LogP contribution in [0.25, 0.3) is 0 Å². The minimum absolute atomic E-state index is 0.258. The zero-order valence-corrected chi connectivity index (χ0v) is 14.8.